The van der Waals surface area contributed by atoms with E-state index >= 15 is 0 Å². The van der Waals surface area contributed by atoms with E-state index in [1.807, 2.05) is 30.5 Å². The second-order valence-corrected chi connectivity index (χ2v) is 5.60. The summed E-state index contributed by atoms with van der Waals surface area (Å²) in [5.41, 5.74) is 2.14. The van der Waals surface area contributed by atoms with Crippen molar-refractivity contribution >= 4 is 11.7 Å². The number of hydrogen-bond donors (Lipinski definition) is 2. The summed E-state index contributed by atoms with van der Waals surface area (Å²) >= 11 is 0. The van der Waals surface area contributed by atoms with Crippen LogP contribution in [0, 0.1) is 0 Å². The van der Waals surface area contributed by atoms with Crippen LogP contribution in [0.4, 0.5) is 10.5 Å². The molecule has 8 nitrogen and oxygen atoms in total. The number of aromatic nitrogens is 3. The van der Waals surface area contributed by atoms with E-state index in [4.69, 9.17) is 9.47 Å². The van der Waals surface area contributed by atoms with E-state index in [2.05, 4.69) is 20.7 Å². The first kappa shape index (κ1) is 18.2. The number of urea groups is 1. The van der Waals surface area contributed by atoms with Crippen LogP contribution in [0.3, 0.4) is 0 Å². The maximum atomic E-state index is 12.1. The number of nitrogens with zero attached hydrogens (tertiary/aromatic N) is 3. The van der Waals surface area contributed by atoms with Gasteiger partial charge >= 0.3 is 6.03 Å². The lowest BCUT2D eigenvalue weighted by Crippen LogP contribution is -2.31. The number of amides is 2. The maximum Gasteiger partial charge on any atom is 0.319 e. The third-order valence-electron chi connectivity index (χ3n) is 3.85. The highest BCUT2D eigenvalue weighted by atomic mass is 16.5. The number of para-hydroxylation sites is 1. The summed E-state index contributed by atoms with van der Waals surface area (Å²) in [4.78, 5) is 16.4. The Bertz CT molecular complexity index is 895. The van der Waals surface area contributed by atoms with Crippen molar-refractivity contribution in [1.82, 2.24) is 20.1 Å². The fourth-order valence-corrected chi connectivity index (χ4v) is 2.57. The van der Waals surface area contributed by atoms with Crippen LogP contribution in [0.1, 0.15) is 0 Å². The minimum atomic E-state index is -0.335. The lowest BCUT2D eigenvalue weighted by Gasteiger charge is -2.13. The summed E-state index contributed by atoms with van der Waals surface area (Å²) < 4.78 is 12.3. The minimum absolute atomic E-state index is 0.335. The largest absolute Gasteiger partial charge is 0.493 e. The lowest BCUT2D eigenvalue weighted by atomic mass is 10.2. The second kappa shape index (κ2) is 8.70. The fourth-order valence-electron chi connectivity index (χ4n) is 2.57. The van der Waals surface area contributed by atoms with Gasteiger partial charge in [-0.1, -0.05) is 12.1 Å². The summed E-state index contributed by atoms with van der Waals surface area (Å²) in [6.07, 6.45) is 3.59. The van der Waals surface area contributed by atoms with Crippen LogP contribution in [-0.4, -0.2) is 41.6 Å². The minimum Gasteiger partial charge on any atom is -0.493 e. The first-order chi connectivity index (χ1) is 13.2. The smallest absolute Gasteiger partial charge is 0.319 e. The zero-order valence-corrected chi connectivity index (χ0v) is 15.2. The fraction of sp³-hybridized carbons (Fsp3) is 0.211. The van der Waals surface area contributed by atoms with Crippen molar-refractivity contribution in [2.75, 3.05) is 26.1 Å². The van der Waals surface area contributed by atoms with Crippen LogP contribution in [0.25, 0.3) is 11.4 Å². The van der Waals surface area contributed by atoms with Crippen LogP contribution in [0.15, 0.2) is 54.9 Å². The Labute approximate surface area is 157 Å². The number of carbonyl (C=O) groups is 1. The van der Waals surface area contributed by atoms with Gasteiger partial charge in [-0.2, -0.15) is 5.10 Å². The molecule has 0 aliphatic carbocycles. The van der Waals surface area contributed by atoms with Crippen LogP contribution >= 0.6 is 0 Å². The quantitative estimate of drug-likeness (QED) is 0.670. The molecular weight excluding hydrogens is 346 g/mol. The van der Waals surface area contributed by atoms with Crippen LogP contribution in [0.5, 0.6) is 11.5 Å². The van der Waals surface area contributed by atoms with Crippen molar-refractivity contribution < 1.29 is 14.3 Å². The van der Waals surface area contributed by atoms with Crippen molar-refractivity contribution in [2.45, 2.75) is 6.54 Å². The van der Waals surface area contributed by atoms with E-state index in [1.54, 1.807) is 36.2 Å². The average molecular weight is 367 g/mol. The van der Waals surface area contributed by atoms with E-state index in [0.29, 0.717) is 30.3 Å². The Hall–Kier alpha value is -3.55. The summed E-state index contributed by atoms with van der Waals surface area (Å²) in [6.45, 7) is 0.955. The molecular formula is C19H21N5O3. The summed E-state index contributed by atoms with van der Waals surface area (Å²) in [5.74, 6) is 1.02. The highest BCUT2D eigenvalue weighted by molar-refractivity contribution is 5.91. The number of carbonyl (C=O) groups excluding carboxylic acids is 1. The first-order valence-corrected chi connectivity index (χ1v) is 8.42. The van der Waals surface area contributed by atoms with Gasteiger partial charge in [-0.15, -0.1) is 0 Å². The molecule has 0 aliphatic heterocycles. The Morgan fingerprint density at radius 2 is 1.96 bits per heavy atom. The number of anilines is 1. The van der Waals surface area contributed by atoms with E-state index < -0.39 is 0 Å². The third-order valence-corrected chi connectivity index (χ3v) is 3.85. The lowest BCUT2D eigenvalue weighted by molar-refractivity contribution is 0.251. The van der Waals surface area contributed by atoms with Gasteiger partial charge < -0.3 is 20.1 Å². The number of nitrogens with one attached hydrogen (secondary N) is 2. The summed E-state index contributed by atoms with van der Waals surface area (Å²) in [6, 6.07) is 12.5. The Balaban J connectivity index is 1.53. The molecule has 3 rings (SSSR count). The number of pyridine rings is 1. The van der Waals surface area contributed by atoms with Gasteiger partial charge in [0, 0.05) is 18.9 Å². The standard InChI is InChI=1S/C19H21N5O3/c1-26-17-8-5-7-16(18(17)27-2)22-19(25)21-11-13-24-12-9-15(23-24)14-6-3-4-10-20-14/h3-10,12H,11,13H2,1-2H3,(H2,21,22,25). The SMILES string of the molecule is COc1cccc(NC(=O)NCCn2ccc(-c3ccccn3)n2)c1OC. The Morgan fingerprint density at radius 1 is 1.07 bits per heavy atom. The van der Waals surface area contributed by atoms with Crippen LogP contribution in [-0.2, 0) is 6.54 Å². The molecule has 27 heavy (non-hydrogen) atoms. The monoisotopic (exact) mass is 367 g/mol. The number of ether oxygens (including phenoxy) is 2. The van der Waals surface area contributed by atoms with Crippen molar-refractivity contribution in [3.05, 3.63) is 54.9 Å². The molecule has 1 aromatic carbocycles. The number of rotatable bonds is 7. The van der Waals surface area contributed by atoms with E-state index in [0.717, 1.165) is 11.4 Å². The topological polar surface area (TPSA) is 90.3 Å². The molecule has 0 bridgehead atoms. The molecule has 3 aromatic rings. The highest BCUT2D eigenvalue weighted by Crippen LogP contribution is 2.34. The maximum absolute atomic E-state index is 12.1. The van der Waals surface area contributed by atoms with Gasteiger partial charge in [-0.3, -0.25) is 9.67 Å². The second-order valence-electron chi connectivity index (χ2n) is 5.60. The van der Waals surface area contributed by atoms with Crippen molar-refractivity contribution in [2.24, 2.45) is 0 Å². The molecule has 0 radical (unpaired) electrons. The van der Waals surface area contributed by atoms with E-state index in [-0.39, 0.29) is 6.03 Å². The molecule has 0 saturated carbocycles. The summed E-state index contributed by atoms with van der Waals surface area (Å²) in [5, 5.41) is 10.0. The number of benzene rings is 1. The van der Waals surface area contributed by atoms with Gasteiger partial charge in [0.05, 0.1) is 32.1 Å². The predicted octanol–water partition coefficient (Wildman–Crippen LogP) is 2.78. The number of methoxy groups -OCH3 is 2. The van der Waals surface area contributed by atoms with Gasteiger partial charge in [0.2, 0.25) is 0 Å². The molecule has 2 amide bonds. The predicted molar refractivity (Wildman–Crippen MR) is 102 cm³/mol. The molecule has 0 spiro atoms. The molecule has 0 atom stereocenters. The van der Waals surface area contributed by atoms with Crippen LogP contribution < -0.4 is 20.1 Å². The summed E-state index contributed by atoms with van der Waals surface area (Å²) in [7, 11) is 3.07. The molecule has 0 unspecified atom stereocenters. The molecule has 140 valence electrons. The molecule has 0 fully saturated rings. The van der Waals surface area contributed by atoms with Crippen molar-refractivity contribution in [1.29, 1.82) is 0 Å². The van der Waals surface area contributed by atoms with Gasteiger partial charge in [0.15, 0.2) is 11.5 Å². The Morgan fingerprint density at radius 3 is 2.70 bits per heavy atom. The zero-order valence-electron chi connectivity index (χ0n) is 15.2. The molecule has 2 aromatic heterocycles. The molecule has 2 heterocycles. The molecule has 2 N–H and O–H groups in total. The molecule has 8 heteroatoms. The van der Waals surface area contributed by atoms with Crippen molar-refractivity contribution in [3.8, 4) is 22.9 Å². The third kappa shape index (κ3) is 4.55. The van der Waals surface area contributed by atoms with E-state index in [1.165, 1.54) is 7.11 Å². The first-order valence-electron chi connectivity index (χ1n) is 8.42. The van der Waals surface area contributed by atoms with Gasteiger partial charge in [-0.25, -0.2) is 4.79 Å². The molecule has 0 saturated heterocycles. The Kier molecular flexibility index (Phi) is 5.88. The molecule has 0 aliphatic rings. The van der Waals surface area contributed by atoms with Crippen molar-refractivity contribution in [3.63, 3.8) is 0 Å². The highest BCUT2D eigenvalue weighted by Gasteiger charge is 2.12. The zero-order chi connectivity index (χ0) is 19.1. The van der Waals surface area contributed by atoms with Gasteiger partial charge in [0.1, 0.15) is 5.69 Å². The normalized spacial score (nSPS) is 10.3. The van der Waals surface area contributed by atoms with E-state index in [9.17, 15) is 4.79 Å². The van der Waals surface area contributed by atoms with Gasteiger partial charge in [-0.05, 0) is 30.3 Å². The number of hydrogen-bond acceptors (Lipinski definition) is 5. The average Bonchev–Trinajstić information content (AvgIpc) is 3.17. The van der Waals surface area contributed by atoms with Gasteiger partial charge in [0.25, 0.3) is 0 Å². The van der Waals surface area contributed by atoms with Crippen LogP contribution in [0.2, 0.25) is 0 Å².